The molecule has 1 unspecified atom stereocenters. The zero-order valence-corrected chi connectivity index (χ0v) is 15.7. The van der Waals surface area contributed by atoms with Crippen LogP contribution in [0.15, 0.2) is 4.90 Å². The number of thioether (sulfide) groups is 1. The second-order valence-corrected chi connectivity index (χ2v) is 8.81. The van der Waals surface area contributed by atoms with Crippen LogP contribution in [0.2, 0.25) is 0 Å². The molecule has 1 aromatic carbocycles. The molecular formula is C19H28O2S. The standard InChI is InChI=1S/C19H28O2S/c1-8-11(2)14-12-9-18(3,4)10-13(12)17(22-7)16-15(14)20-19(5,6)21-16/h11H,8-10H2,1-7H3. The van der Waals surface area contributed by atoms with Crippen LogP contribution in [0.1, 0.15) is 70.6 Å². The predicted octanol–water partition coefficient (Wildman–Crippen LogP) is 5.55. The summed E-state index contributed by atoms with van der Waals surface area (Å²) in [4.78, 5) is 1.30. The molecule has 0 radical (unpaired) electrons. The van der Waals surface area contributed by atoms with Gasteiger partial charge < -0.3 is 9.47 Å². The van der Waals surface area contributed by atoms with Gasteiger partial charge in [-0.3, -0.25) is 0 Å². The Morgan fingerprint density at radius 2 is 1.64 bits per heavy atom. The highest BCUT2D eigenvalue weighted by atomic mass is 32.2. The fourth-order valence-electron chi connectivity index (χ4n) is 3.86. The first kappa shape index (κ1) is 16.0. The summed E-state index contributed by atoms with van der Waals surface area (Å²) in [7, 11) is 0. The van der Waals surface area contributed by atoms with E-state index in [-0.39, 0.29) is 0 Å². The van der Waals surface area contributed by atoms with Crippen molar-refractivity contribution in [3.8, 4) is 11.5 Å². The SMILES string of the molecule is CCC(C)c1c2c(c(SC)c3c1OC(C)(C)O3)CC(C)(C)C2. The normalized spacial score (nSPS) is 21.8. The molecule has 0 N–H and O–H groups in total. The smallest absolute Gasteiger partial charge is 0.246 e. The zero-order chi connectivity index (χ0) is 16.3. The second-order valence-electron chi connectivity index (χ2n) is 7.99. The molecule has 2 aliphatic rings. The minimum Gasteiger partial charge on any atom is -0.449 e. The molecule has 0 bridgehead atoms. The van der Waals surface area contributed by atoms with E-state index >= 15 is 0 Å². The first-order valence-corrected chi connectivity index (χ1v) is 9.55. The van der Waals surface area contributed by atoms with Gasteiger partial charge in [0, 0.05) is 19.4 Å². The number of hydrogen-bond donors (Lipinski definition) is 0. The fourth-order valence-corrected chi connectivity index (χ4v) is 4.62. The van der Waals surface area contributed by atoms with E-state index in [1.54, 1.807) is 11.8 Å². The minimum atomic E-state index is -0.556. The lowest BCUT2D eigenvalue weighted by Crippen LogP contribution is -2.30. The number of ether oxygens (including phenoxy) is 2. The molecule has 1 atom stereocenters. The molecule has 3 rings (SSSR count). The highest BCUT2D eigenvalue weighted by Crippen LogP contribution is 2.56. The van der Waals surface area contributed by atoms with Crippen LogP contribution in [-0.4, -0.2) is 12.0 Å². The Labute approximate surface area is 139 Å². The summed E-state index contributed by atoms with van der Waals surface area (Å²) in [6.45, 7) is 13.3. The maximum Gasteiger partial charge on any atom is 0.246 e. The van der Waals surface area contributed by atoms with Crippen molar-refractivity contribution in [2.75, 3.05) is 6.26 Å². The highest BCUT2D eigenvalue weighted by Gasteiger charge is 2.43. The van der Waals surface area contributed by atoms with Crippen LogP contribution >= 0.6 is 11.8 Å². The van der Waals surface area contributed by atoms with Crippen molar-refractivity contribution in [2.24, 2.45) is 5.41 Å². The summed E-state index contributed by atoms with van der Waals surface area (Å²) in [5, 5.41) is 0. The van der Waals surface area contributed by atoms with E-state index in [4.69, 9.17) is 9.47 Å². The molecule has 0 saturated heterocycles. The van der Waals surface area contributed by atoms with Gasteiger partial charge >= 0.3 is 0 Å². The summed E-state index contributed by atoms with van der Waals surface area (Å²) in [5.41, 5.74) is 4.78. The Bertz CT molecular complexity index is 571. The van der Waals surface area contributed by atoms with Crippen molar-refractivity contribution in [3.05, 3.63) is 16.7 Å². The summed E-state index contributed by atoms with van der Waals surface area (Å²) in [5.74, 6) is 1.95. The molecule has 2 nitrogen and oxygen atoms in total. The number of benzene rings is 1. The topological polar surface area (TPSA) is 18.5 Å². The molecular weight excluding hydrogens is 292 g/mol. The molecule has 3 heteroatoms. The molecule has 0 fully saturated rings. The third-order valence-corrected chi connectivity index (χ3v) is 5.78. The van der Waals surface area contributed by atoms with E-state index in [1.807, 2.05) is 13.8 Å². The van der Waals surface area contributed by atoms with Gasteiger partial charge in [-0.25, -0.2) is 0 Å². The van der Waals surface area contributed by atoms with E-state index in [9.17, 15) is 0 Å². The lowest BCUT2D eigenvalue weighted by Gasteiger charge is -2.20. The van der Waals surface area contributed by atoms with Crippen molar-refractivity contribution in [1.29, 1.82) is 0 Å². The van der Waals surface area contributed by atoms with Gasteiger partial charge in [-0.2, -0.15) is 0 Å². The fraction of sp³-hybridized carbons (Fsp3) is 0.684. The maximum atomic E-state index is 6.25. The Morgan fingerprint density at radius 3 is 2.23 bits per heavy atom. The Balaban J connectivity index is 2.28. The lowest BCUT2D eigenvalue weighted by molar-refractivity contribution is -0.0446. The second kappa shape index (κ2) is 5.09. The van der Waals surface area contributed by atoms with Crippen LogP contribution in [0.5, 0.6) is 11.5 Å². The van der Waals surface area contributed by atoms with E-state index in [1.165, 1.54) is 21.6 Å². The summed E-state index contributed by atoms with van der Waals surface area (Å²) < 4.78 is 12.5. The first-order valence-electron chi connectivity index (χ1n) is 8.32. The van der Waals surface area contributed by atoms with Crippen LogP contribution in [0.3, 0.4) is 0 Å². The van der Waals surface area contributed by atoms with Crippen LogP contribution in [0, 0.1) is 5.41 Å². The first-order chi connectivity index (χ1) is 10.2. The summed E-state index contributed by atoms with van der Waals surface area (Å²) in [6.07, 6.45) is 5.56. The van der Waals surface area contributed by atoms with E-state index in [0.717, 1.165) is 30.8 Å². The van der Waals surface area contributed by atoms with Crippen molar-refractivity contribution in [1.82, 2.24) is 0 Å². The number of fused-ring (bicyclic) bond motifs is 2. The van der Waals surface area contributed by atoms with Gasteiger partial charge in [0.2, 0.25) is 5.79 Å². The van der Waals surface area contributed by atoms with Gasteiger partial charge in [-0.1, -0.05) is 27.7 Å². The van der Waals surface area contributed by atoms with E-state index < -0.39 is 5.79 Å². The molecule has 1 aliphatic carbocycles. The minimum absolute atomic E-state index is 0.333. The molecule has 0 spiro atoms. The van der Waals surface area contributed by atoms with Crippen molar-refractivity contribution in [3.63, 3.8) is 0 Å². The maximum absolute atomic E-state index is 6.25. The summed E-state index contributed by atoms with van der Waals surface area (Å²) >= 11 is 1.80. The Morgan fingerprint density at radius 1 is 1.05 bits per heavy atom. The number of hydrogen-bond acceptors (Lipinski definition) is 3. The quantitative estimate of drug-likeness (QED) is 0.680. The van der Waals surface area contributed by atoms with E-state index in [0.29, 0.717) is 11.3 Å². The van der Waals surface area contributed by atoms with Crippen LogP contribution in [0.4, 0.5) is 0 Å². The van der Waals surface area contributed by atoms with Gasteiger partial charge in [0.15, 0.2) is 11.5 Å². The molecule has 22 heavy (non-hydrogen) atoms. The molecule has 1 aromatic rings. The highest BCUT2D eigenvalue weighted by molar-refractivity contribution is 7.98. The molecule has 1 heterocycles. The Hall–Kier alpha value is -0.830. The monoisotopic (exact) mass is 320 g/mol. The molecule has 0 aromatic heterocycles. The molecule has 122 valence electrons. The van der Waals surface area contributed by atoms with Gasteiger partial charge in [0.1, 0.15) is 0 Å². The molecule has 0 amide bonds. The van der Waals surface area contributed by atoms with Crippen molar-refractivity contribution >= 4 is 11.8 Å². The van der Waals surface area contributed by atoms with Gasteiger partial charge in [-0.05, 0) is 48.0 Å². The van der Waals surface area contributed by atoms with Crippen molar-refractivity contribution < 1.29 is 9.47 Å². The molecule has 0 saturated carbocycles. The Kier molecular flexibility index (Phi) is 3.71. The third kappa shape index (κ3) is 2.42. The largest absolute Gasteiger partial charge is 0.449 e. The van der Waals surface area contributed by atoms with Gasteiger partial charge in [0.05, 0.1) is 4.90 Å². The third-order valence-electron chi connectivity index (χ3n) is 4.94. The van der Waals surface area contributed by atoms with Gasteiger partial charge in [-0.15, -0.1) is 11.8 Å². The van der Waals surface area contributed by atoms with Crippen molar-refractivity contribution in [2.45, 2.75) is 77.4 Å². The molecule has 1 aliphatic heterocycles. The average Bonchev–Trinajstić information content (AvgIpc) is 2.88. The predicted molar refractivity (Wildman–Crippen MR) is 93.5 cm³/mol. The van der Waals surface area contributed by atoms with E-state index in [2.05, 4.69) is 34.0 Å². The lowest BCUT2D eigenvalue weighted by atomic mass is 9.87. The van der Waals surface area contributed by atoms with Crippen LogP contribution < -0.4 is 9.47 Å². The van der Waals surface area contributed by atoms with Gasteiger partial charge in [0.25, 0.3) is 0 Å². The van der Waals surface area contributed by atoms with Crippen LogP contribution in [-0.2, 0) is 12.8 Å². The average molecular weight is 320 g/mol. The van der Waals surface area contributed by atoms with Crippen LogP contribution in [0.25, 0.3) is 0 Å². The zero-order valence-electron chi connectivity index (χ0n) is 14.9. The number of rotatable bonds is 3. The summed E-state index contributed by atoms with van der Waals surface area (Å²) in [6, 6.07) is 0.